The molecule has 0 aromatic heterocycles. The van der Waals surface area contributed by atoms with Crippen LogP contribution < -0.4 is 21.1 Å². The minimum Gasteiger partial charge on any atom is -0.459 e. The summed E-state index contributed by atoms with van der Waals surface area (Å²) in [4.78, 5) is 57.7. The number of likely N-dealkylation sites (tertiary alicyclic amines) is 1. The van der Waals surface area contributed by atoms with E-state index in [4.69, 9.17) is 15.2 Å². The minimum absolute atomic E-state index is 0.0288. The number of carbonyl (C=O) groups excluding carboxylic acids is 4. The quantitative estimate of drug-likeness (QED) is 0.106. The normalized spacial score (nSPS) is 16.4. The van der Waals surface area contributed by atoms with Crippen LogP contribution in [0.2, 0.25) is 0 Å². The SMILES string of the molecule is Cc1ccc(S(=O)(=O)NC(N)=NCCC[C@H](NC(=O)OC(C)(C)C)C(=O)N2CCC[C@H]2C(=O)N[C@@H](C)C(=O)OCc2ccccc2)cc1. The fraction of sp³-hybridized carbons (Fsp3) is 0.485. The lowest BCUT2D eigenvalue weighted by Gasteiger charge is -2.30. The van der Waals surface area contributed by atoms with Crippen LogP contribution in [-0.2, 0) is 40.5 Å². The van der Waals surface area contributed by atoms with Gasteiger partial charge in [-0.05, 0) is 78.0 Å². The lowest BCUT2D eigenvalue weighted by atomic mass is 10.1. The standard InChI is InChI=1S/C33H46N6O8S/c1-22-15-17-25(18-16-22)48(44,45)38-31(34)35-19-9-13-26(37-32(43)47-33(3,4)5)29(41)39-20-10-14-27(39)28(40)36-23(2)30(42)46-21-24-11-7-6-8-12-24/h6-8,11-12,15-18,23,26-27H,9-10,13-14,19-21H2,1-5H3,(H,36,40)(H,37,43)(H3,34,35,38)/t23-,26-,27-/m0/s1. The maximum absolute atomic E-state index is 13.8. The van der Waals surface area contributed by atoms with Crippen molar-refractivity contribution in [3.8, 4) is 0 Å². The number of sulfonamides is 1. The van der Waals surface area contributed by atoms with Crippen molar-refractivity contribution in [2.75, 3.05) is 13.1 Å². The second kappa shape index (κ2) is 16.9. The number of nitrogens with two attached hydrogens (primary N) is 1. The lowest BCUT2D eigenvalue weighted by molar-refractivity contribution is -0.149. The van der Waals surface area contributed by atoms with E-state index in [9.17, 15) is 27.6 Å². The van der Waals surface area contributed by atoms with Gasteiger partial charge in [-0.15, -0.1) is 0 Å². The molecule has 5 N–H and O–H groups in total. The smallest absolute Gasteiger partial charge is 0.408 e. The molecule has 1 fully saturated rings. The van der Waals surface area contributed by atoms with E-state index in [2.05, 4.69) is 20.3 Å². The number of hydrogen-bond acceptors (Lipinski definition) is 9. The van der Waals surface area contributed by atoms with E-state index in [0.29, 0.717) is 12.8 Å². The highest BCUT2D eigenvalue weighted by Gasteiger charge is 2.38. The summed E-state index contributed by atoms with van der Waals surface area (Å²) in [5.41, 5.74) is 6.71. The van der Waals surface area contributed by atoms with Gasteiger partial charge < -0.3 is 30.7 Å². The Morgan fingerprint density at radius 3 is 2.35 bits per heavy atom. The molecule has 0 bridgehead atoms. The number of benzene rings is 2. The molecule has 0 saturated carbocycles. The average Bonchev–Trinajstić information content (AvgIpc) is 3.51. The van der Waals surface area contributed by atoms with Gasteiger partial charge in [0.2, 0.25) is 17.8 Å². The summed E-state index contributed by atoms with van der Waals surface area (Å²) >= 11 is 0. The van der Waals surface area contributed by atoms with E-state index in [1.165, 1.54) is 24.0 Å². The van der Waals surface area contributed by atoms with E-state index in [1.54, 1.807) is 32.9 Å². The number of rotatable bonds is 13. The van der Waals surface area contributed by atoms with Gasteiger partial charge in [-0.1, -0.05) is 48.0 Å². The summed E-state index contributed by atoms with van der Waals surface area (Å²) in [7, 11) is -3.94. The molecule has 1 aliphatic rings. The highest BCUT2D eigenvalue weighted by Crippen LogP contribution is 2.21. The average molecular weight is 687 g/mol. The highest BCUT2D eigenvalue weighted by molar-refractivity contribution is 7.90. The summed E-state index contributed by atoms with van der Waals surface area (Å²) in [5, 5.41) is 5.25. The van der Waals surface area contributed by atoms with Crippen molar-refractivity contribution in [2.24, 2.45) is 10.7 Å². The Bertz CT molecular complexity index is 1560. The van der Waals surface area contributed by atoms with Crippen molar-refractivity contribution in [1.29, 1.82) is 0 Å². The van der Waals surface area contributed by atoms with Crippen molar-refractivity contribution >= 4 is 39.9 Å². The van der Waals surface area contributed by atoms with Crippen LogP contribution in [0.4, 0.5) is 4.79 Å². The van der Waals surface area contributed by atoms with Gasteiger partial charge in [0.25, 0.3) is 10.0 Å². The van der Waals surface area contributed by atoms with E-state index in [0.717, 1.165) is 11.1 Å². The molecule has 0 radical (unpaired) electrons. The molecule has 3 amide bonds. The zero-order valence-corrected chi connectivity index (χ0v) is 28.8. The molecule has 0 spiro atoms. The molecule has 1 heterocycles. The van der Waals surface area contributed by atoms with Crippen LogP contribution in [-0.4, -0.2) is 80.0 Å². The summed E-state index contributed by atoms with van der Waals surface area (Å²) in [5.74, 6) is -1.96. The molecule has 262 valence electrons. The molecule has 3 rings (SSSR count). The first kappa shape index (κ1) is 37.8. The zero-order valence-electron chi connectivity index (χ0n) is 28.0. The van der Waals surface area contributed by atoms with Gasteiger partial charge in [0.05, 0.1) is 4.90 Å². The second-order valence-corrected chi connectivity index (χ2v) is 14.2. The molecule has 3 atom stereocenters. The second-order valence-electron chi connectivity index (χ2n) is 12.5. The van der Waals surface area contributed by atoms with E-state index in [-0.39, 0.29) is 43.4 Å². The summed E-state index contributed by atoms with van der Waals surface area (Å²) in [6, 6.07) is 12.4. The van der Waals surface area contributed by atoms with Gasteiger partial charge in [-0.2, -0.15) is 0 Å². The van der Waals surface area contributed by atoms with Crippen LogP contribution in [0.25, 0.3) is 0 Å². The Morgan fingerprint density at radius 1 is 1.04 bits per heavy atom. The molecule has 14 nitrogen and oxygen atoms in total. The van der Waals surface area contributed by atoms with Crippen molar-refractivity contribution in [1.82, 2.24) is 20.3 Å². The summed E-state index contributed by atoms with van der Waals surface area (Å²) in [6.07, 6.45) is 0.410. The largest absolute Gasteiger partial charge is 0.459 e. The Labute approximate surface area is 281 Å². The van der Waals surface area contributed by atoms with Crippen LogP contribution in [0, 0.1) is 6.92 Å². The number of nitrogens with zero attached hydrogens (tertiary/aromatic N) is 2. The monoisotopic (exact) mass is 686 g/mol. The number of guanidine groups is 1. The van der Waals surface area contributed by atoms with Crippen LogP contribution in [0.5, 0.6) is 0 Å². The van der Waals surface area contributed by atoms with E-state index < -0.39 is 57.6 Å². The van der Waals surface area contributed by atoms with Crippen LogP contribution >= 0.6 is 0 Å². The zero-order chi connectivity index (χ0) is 35.5. The molecule has 2 aromatic rings. The van der Waals surface area contributed by atoms with E-state index in [1.807, 2.05) is 37.3 Å². The van der Waals surface area contributed by atoms with Gasteiger partial charge in [0.1, 0.15) is 30.3 Å². The number of aryl methyl sites for hydroxylation is 1. The Hall–Kier alpha value is -4.66. The molecule has 2 aromatic carbocycles. The fourth-order valence-electron chi connectivity index (χ4n) is 4.87. The number of aliphatic imine (C=N–C) groups is 1. The predicted octanol–water partition coefficient (Wildman–Crippen LogP) is 2.50. The van der Waals surface area contributed by atoms with Crippen molar-refractivity contribution < 1.29 is 37.1 Å². The highest BCUT2D eigenvalue weighted by atomic mass is 32.2. The molecule has 15 heteroatoms. The van der Waals surface area contributed by atoms with Gasteiger partial charge in [-0.3, -0.25) is 14.6 Å². The number of amides is 3. The Kier molecular flexibility index (Phi) is 13.3. The summed E-state index contributed by atoms with van der Waals surface area (Å²) in [6.45, 7) is 8.76. The van der Waals surface area contributed by atoms with Gasteiger partial charge in [0, 0.05) is 13.1 Å². The molecule has 0 aliphatic carbocycles. The van der Waals surface area contributed by atoms with Crippen molar-refractivity contribution in [3.05, 3.63) is 65.7 Å². The first-order chi connectivity index (χ1) is 22.6. The van der Waals surface area contributed by atoms with Crippen LogP contribution in [0.3, 0.4) is 0 Å². The lowest BCUT2D eigenvalue weighted by Crippen LogP contribution is -2.55. The Morgan fingerprint density at radius 2 is 1.71 bits per heavy atom. The molecule has 48 heavy (non-hydrogen) atoms. The van der Waals surface area contributed by atoms with E-state index >= 15 is 0 Å². The van der Waals surface area contributed by atoms with Gasteiger partial charge >= 0.3 is 12.1 Å². The Balaban J connectivity index is 1.62. The first-order valence-electron chi connectivity index (χ1n) is 15.8. The number of hydrogen-bond donors (Lipinski definition) is 4. The number of carbonyl (C=O) groups is 4. The minimum atomic E-state index is -3.94. The first-order valence-corrected chi connectivity index (χ1v) is 17.2. The summed E-state index contributed by atoms with van der Waals surface area (Å²) < 4.78 is 38.1. The third-order valence-corrected chi connectivity index (χ3v) is 8.64. The molecular formula is C33H46N6O8S. The van der Waals surface area contributed by atoms with Crippen molar-refractivity contribution in [2.45, 2.75) is 95.5 Å². The van der Waals surface area contributed by atoms with Crippen LogP contribution in [0.1, 0.15) is 64.5 Å². The number of nitrogens with one attached hydrogen (secondary N) is 3. The van der Waals surface area contributed by atoms with Crippen molar-refractivity contribution in [3.63, 3.8) is 0 Å². The molecule has 1 aliphatic heterocycles. The molecular weight excluding hydrogens is 640 g/mol. The van der Waals surface area contributed by atoms with Gasteiger partial charge in [0.15, 0.2) is 0 Å². The predicted molar refractivity (Wildman–Crippen MR) is 179 cm³/mol. The van der Waals surface area contributed by atoms with Crippen LogP contribution in [0.15, 0.2) is 64.5 Å². The third-order valence-electron chi connectivity index (χ3n) is 7.27. The number of esters is 1. The maximum atomic E-state index is 13.8. The maximum Gasteiger partial charge on any atom is 0.408 e. The van der Waals surface area contributed by atoms with Gasteiger partial charge in [-0.25, -0.2) is 22.7 Å². The molecule has 0 unspecified atom stereocenters. The fourth-order valence-corrected chi connectivity index (χ4v) is 5.83. The molecule has 1 saturated heterocycles. The number of ether oxygens (including phenoxy) is 2. The topological polar surface area (TPSA) is 199 Å². The number of alkyl carbamates (subject to hydrolysis) is 1. The third kappa shape index (κ3) is 11.9.